The lowest BCUT2D eigenvalue weighted by Gasteiger charge is -2.19. The highest BCUT2D eigenvalue weighted by molar-refractivity contribution is 9.10. The molecule has 0 aliphatic heterocycles. The van der Waals surface area contributed by atoms with Crippen LogP contribution in [-0.2, 0) is 4.79 Å². The zero-order valence-electron chi connectivity index (χ0n) is 9.75. The normalized spacial score (nSPS) is 27.3. The lowest BCUT2D eigenvalue weighted by atomic mass is 9.97. The first-order valence-electron chi connectivity index (χ1n) is 5.87. The van der Waals surface area contributed by atoms with E-state index >= 15 is 0 Å². The molecule has 0 heterocycles. The molecule has 0 spiro atoms. The fourth-order valence-corrected chi connectivity index (χ4v) is 4.07. The Bertz CT molecular complexity index is 421. The van der Waals surface area contributed by atoms with Gasteiger partial charge in [-0.3, -0.25) is 4.79 Å². The Morgan fingerprint density at radius 3 is 2.56 bits per heavy atom. The van der Waals surface area contributed by atoms with E-state index in [1.54, 1.807) is 11.8 Å². The van der Waals surface area contributed by atoms with E-state index in [1.165, 1.54) is 0 Å². The number of carboxylic acids is 1. The van der Waals surface area contributed by atoms with Crippen LogP contribution in [0.4, 0.5) is 0 Å². The average Bonchev–Trinajstić information content (AvgIpc) is 2.75. The summed E-state index contributed by atoms with van der Waals surface area (Å²) in [6, 6.07) is 7.88. The monoisotopic (exact) mass is 330 g/mol. The first kappa shape index (κ1) is 13.9. The predicted molar refractivity (Wildman–Crippen MR) is 74.7 cm³/mol. The molecular formula is C13H15BrO3S. The summed E-state index contributed by atoms with van der Waals surface area (Å²) in [6.07, 6.45) is 1.64. The van der Waals surface area contributed by atoms with E-state index in [0.29, 0.717) is 0 Å². The van der Waals surface area contributed by atoms with Crippen molar-refractivity contribution in [2.75, 3.05) is 6.61 Å². The summed E-state index contributed by atoms with van der Waals surface area (Å²) in [5, 5.41) is 18.6. The maximum Gasteiger partial charge on any atom is 0.308 e. The van der Waals surface area contributed by atoms with Gasteiger partial charge in [-0.25, -0.2) is 0 Å². The van der Waals surface area contributed by atoms with E-state index in [4.69, 9.17) is 0 Å². The number of hydrogen-bond donors (Lipinski definition) is 2. The third-order valence-corrected chi connectivity index (χ3v) is 5.26. The summed E-state index contributed by atoms with van der Waals surface area (Å²) in [5.41, 5.74) is 0. The second kappa shape index (κ2) is 6.08. The molecule has 3 atom stereocenters. The van der Waals surface area contributed by atoms with Gasteiger partial charge in [0, 0.05) is 21.2 Å². The fourth-order valence-electron chi connectivity index (χ4n) is 2.43. The van der Waals surface area contributed by atoms with E-state index in [0.717, 1.165) is 22.2 Å². The summed E-state index contributed by atoms with van der Waals surface area (Å²) in [6.45, 7) is -0.0334. The Kier molecular flexibility index (Phi) is 4.70. The molecule has 0 saturated heterocycles. The van der Waals surface area contributed by atoms with Crippen molar-refractivity contribution in [3.05, 3.63) is 28.7 Å². The predicted octanol–water partition coefficient (Wildman–Crippen LogP) is 3.01. The second-order valence-corrected chi connectivity index (χ2v) is 6.72. The lowest BCUT2D eigenvalue weighted by molar-refractivity contribution is -0.143. The molecule has 3 nitrogen and oxygen atoms in total. The molecule has 1 aromatic rings. The molecule has 1 aliphatic rings. The molecule has 1 fully saturated rings. The van der Waals surface area contributed by atoms with Crippen LogP contribution in [0, 0.1) is 11.8 Å². The van der Waals surface area contributed by atoms with Crippen molar-refractivity contribution in [3.63, 3.8) is 0 Å². The van der Waals surface area contributed by atoms with E-state index in [1.807, 2.05) is 24.3 Å². The van der Waals surface area contributed by atoms with Gasteiger partial charge in [0.1, 0.15) is 0 Å². The lowest BCUT2D eigenvalue weighted by Crippen LogP contribution is -2.27. The van der Waals surface area contributed by atoms with Crippen LogP contribution in [0.3, 0.4) is 0 Å². The van der Waals surface area contributed by atoms with Gasteiger partial charge in [0.05, 0.1) is 5.92 Å². The molecule has 3 unspecified atom stereocenters. The Morgan fingerprint density at radius 2 is 2.00 bits per heavy atom. The van der Waals surface area contributed by atoms with Crippen molar-refractivity contribution in [1.82, 2.24) is 0 Å². The largest absolute Gasteiger partial charge is 0.481 e. The summed E-state index contributed by atoms with van der Waals surface area (Å²) >= 11 is 4.98. The molecule has 1 aliphatic carbocycles. The first-order valence-corrected chi connectivity index (χ1v) is 7.55. The number of aliphatic hydroxyl groups excluding tert-OH is 1. The number of hydrogen-bond acceptors (Lipinski definition) is 3. The van der Waals surface area contributed by atoms with Crippen LogP contribution >= 0.6 is 27.7 Å². The van der Waals surface area contributed by atoms with E-state index in [2.05, 4.69) is 15.9 Å². The van der Waals surface area contributed by atoms with Crippen LogP contribution in [0.2, 0.25) is 0 Å². The number of aliphatic carboxylic acids is 1. The molecule has 1 aromatic carbocycles. The fraction of sp³-hybridized carbons (Fsp3) is 0.462. The molecule has 2 N–H and O–H groups in total. The maximum absolute atomic E-state index is 11.3. The standard InChI is InChI=1S/C13H15BrO3S/c14-9-2-4-10(5-3-9)18-11-6-1-8(7-15)12(11)13(16)17/h2-5,8,11-12,15H,1,6-7H2,(H,16,17). The minimum atomic E-state index is -0.791. The smallest absolute Gasteiger partial charge is 0.308 e. The second-order valence-electron chi connectivity index (χ2n) is 4.49. The molecule has 0 aromatic heterocycles. The number of rotatable bonds is 4. The van der Waals surface area contributed by atoms with Crippen molar-refractivity contribution < 1.29 is 15.0 Å². The summed E-state index contributed by atoms with van der Waals surface area (Å²) < 4.78 is 1.02. The highest BCUT2D eigenvalue weighted by Crippen LogP contribution is 2.42. The highest BCUT2D eigenvalue weighted by atomic mass is 79.9. The van der Waals surface area contributed by atoms with Crippen LogP contribution < -0.4 is 0 Å². The van der Waals surface area contributed by atoms with Crippen molar-refractivity contribution in [2.24, 2.45) is 11.8 Å². The van der Waals surface area contributed by atoms with Gasteiger partial charge in [0.15, 0.2) is 0 Å². The number of carboxylic acid groups (broad SMARTS) is 1. The zero-order valence-corrected chi connectivity index (χ0v) is 12.2. The number of carbonyl (C=O) groups is 1. The molecule has 1 saturated carbocycles. The van der Waals surface area contributed by atoms with Gasteiger partial charge in [-0.2, -0.15) is 0 Å². The van der Waals surface area contributed by atoms with Crippen molar-refractivity contribution in [2.45, 2.75) is 23.0 Å². The Morgan fingerprint density at radius 1 is 1.33 bits per heavy atom. The van der Waals surface area contributed by atoms with Crippen LogP contribution in [0.1, 0.15) is 12.8 Å². The number of thioether (sulfide) groups is 1. The van der Waals surface area contributed by atoms with E-state index in [-0.39, 0.29) is 17.8 Å². The summed E-state index contributed by atoms with van der Waals surface area (Å²) in [5.74, 6) is -1.33. The molecule has 5 heteroatoms. The number of aliphatic hydroxyl groups is 1. The van der Waals surface area contributed by atoms with Gasteiger partial charge in [0.2, 0.25) is 0 Å². The van der Waals surface area contributed by atoms with Crippen LogP contribution in [0.25, 0.3) is 0 Å². The molecule has 0 amide bonds. The first-order chi connectivity index (χ1) is 8.61. The third kappa shape index (κ3) is 3.08. The molecular weight excluding hydrogens is 316 g/mol. The zero-order chi connectivity index (χ0) is 13.1. The van der Waals surface area contributed by atoms with Crippen molar-refractivity contribution in [1.29, 1.82) is 0 Å². The van der Waals surface area contributed by atoms with Gasteiger partial charge in [0.25, 0.3) is 0 Å². The highest BCUT2D eigenvalue weighted by Gasteiger charge is 2.41. The number of benzene rings is 1. The van der Waals surface area contributed by atoms with Gasteiger partial charge < -0.3 is 10.2 Å². The summed E-state index contributed by atoms with van der Waals surface area (Å²) in [4.78, 5) is 12.4. The molecule has 98 valence electrons. The van der Waals surface area contributed by atoms with Gasteiger partial charge in [-0.05, 0) is 43.0 Å². The SMILES string of the molecule is O=C(O)C1C(CO)CCC1Sc1ccc(Br)cc1. The van der Waals surface area contributed by atoms with Gasteiger partial charge in [-0.15, -0.1) is 11.8 Å². The molecule has 0 radical (unpaired) electrons. The van der Waals surface area contributed by atoms with E-state index < -0.39 is 11.9 Å². The van der Waals surface area contributed by atoms with Crippen molar-refractivity contribution >= 4 is 33.7 Å². The van der Waals surface area contributed by atoms with Crippen molar-refractivity contribution in [3.8, 4) is 0 Å². The minimum Gasteiger partial charge on any atom is -0.481 e. The molecule has 0 bridgehead atoms. The van der Waals surface area contributed by atoms with Crippen LogP contribution in [-0.4, -0.2) is 28.0 Å². The van der Waals surface area contributed by atoms with Gasteiger partial charge >= 0.3 is 5.97 Å². The Labute approximate surface area is 119 Å². The van der Waals surface area contributed by atoms with Gasteiger partial charge in [-0.1, -0.05) is 15.9 Å². The molecule has 2 rings (SSSR count). The maximum atomic E-state index is 11.3. The Balaban J connectivity index is 2.08. The Hall–Kier alpha value is -0.520. The summed E-state index contributed by atoms with van der Waals surface area (Å²) in [7, 11) is 0. The minimum absolute atomic E-state index is 0.0334. The quantitative estimate of drug-likeness (QED) is 0.890. The van der Waals surface area contributed by atoms with E-state index in [9.17, 15) is 15.0 Å². The topological polar surface area (TPSA) is 57.5 Å². The van der Waals surface area contributed by atoms with Crippen LogP contribution in [0.5, 0.6) is 0 Å². The molecule has 18 heavy (non-hydrogen) atoms. The average molecular weight is 331 g/mol. The van der Waals surface area contributed by atoms with Crippen LogP contribution in [0.15, 0.2) is 33.6 Å². The third-order valence-electron chi connectivity index (χ3n) is 3.35. The number of halogens is 1.